The summed E-state index contributed by atoms with van der Waals surface area (Å²) in [7, 11) is 0. The van der Waals surface area contributed by atoms with Gasteiger partial charge < -0.3 is 10.2 Å². The molecule has 0 aromatic heterocycles. The fourth-order valence-electron chi connectivity index (χ4n) is 1.07. The SMILES string of the molecule is Cc1c(C(=O)O)cc(C=O)c(O)c1I. The molecule has 0 aliphatic carbocycles. The molecule has 5 heteroatoms. The van der Waals surface area contributed by atoms with Crippen molar-refractivity contribution in [2.24, 2.45) is 0 Å². The molecule has 1 aromatic rings. The van der Waals surface area contributed by atoms with Crippen molar-refractivity contribution in [1.82, 2.24) is 0 Å². The van der Waals surface area contributed by atoms with Gasteiger partial charge in [-0.3, -0.25) is 4.79 Å². The highest BCUT2D eigenvalue weighted by Crippen LogP contribution is 2.29. The number of carboxylic acids is 1. The summed E-state index contributed by atoms with van der Waals surface area (Å²) in [5.41, 5.74) is 0.493. The van der Waals surface area contributed by atoms with E-state index in [0.29, 0.717) is 15.4 Å². The van der Waals surface area contributed by atoms with Gasteiger partial charge >= 0.3 is 5.97 Å². The van der Waals surface area contributed by atoms with Crippen LogP contribution in [0.25, 0.3) is 0 Å². The summed E-state index contributed by atoms with van der Waals surface area (Å²) >= 11 is 1.80. The first kappa shape index (κ1) is 11.0. The third-order valence-corrected chi connectivity index (χ3v) is 3.19. The molecule has 0 amide bonds. The Labute approximate surface area is 93.7 Å². The molecule has 0 aliphatic rings. The second-order valence-corrected chi connectivity index (χ2v) is 3.80. The number of hydrogen-bond donors (Lipinski definition) is 2. The van der Waals surface area contributed by atoms with Crippen molar-refractivity contribution in [2.45, 2.75) is 6.92 Å². The summed E-state index contributed by atoms with van der Waals surface area (Å²) in [5, 5.41) is 18.3. The highest BCUT2D eigenvalue weighted by Gasteiger charge is 2.16. The Bertz CT molecular complexity index is 412. The maximum Gasteiger partial charge on any atom is 0.336 e. The van der Waals surface area contributed by atoms with Crippen LogP contribution >= 0.6 is 22.6 Å². The first-order valence-electron chi connectivity index (χ1n) is 3.69. The van der Waals surface area contributed by atoms with E-state index in [1.807, 2.05) is 0 Å². The van der Waals surface area contributed by atoms with E-state index in [0.717, 1.165) is 0 Å². The maximum absolute atomic E-state index is 10.8. The smallest absolute Gasteiger partial charge is 0.336 e. The lowest BCUT2D eigenvalue weighted by atomic mass is 10.0. The van der Waals surface area contributed by atoms with Crippen LogP contribution in [-0.2, 0) is 0 Å². The van der Waals surface area contributed by atoms with Gasteiger partial charge in [-0.15, -0.1) is 0 Å². The fourth-order valence-corrected chi connectivity index (χ4v) is 1.67. The molecule has 74 valence electrons. The van der Waals surface area contributed by atoms with Crippen LogP contribution in [0.4, 0.5) is 0 Å². The van der Waals surface area contributed by atoms with Crippen LogP contribution in [0.2, 0.25) is 0 Å². The molecule has 0 fully saturated rings. The van der Waals surface area contributed by atoms with Gasteiger partial charge in [-0.05, 0) is 41.1 Å². The molecular weight excluding hydrogens is 299 g/mol. The number of aromatic hydroxyl groups is 1. The highest BCUT2D eigenvalue weighted by molar-refractivity contribution is 14.1. The number of carbonyl (C=O) groups excluding carboxylic acids is 1. The molecular formula is C9H7IO4. The van der Waals surface area contributed by atoms with Crippen molar-refractivity contribution < 1.29 is 19.8 Å². The molecule has 2 N–H and O–H groups in total. The largest absolute Gasteiger partial charge is 0.506 e. The molecule has 0 saturated heterocycles. The number of hydrogen-bond acceptors (Lipinski definition) is 3. The minimum Gasteiger partial charge on any atom is -0.506 e. The Morgan fingerprint density at radius 2 is 2.14 bits per heavy atom. The summed E-state index contributed by atoms with van der Waals surface area (Å²) in [4.78, 5) is 21.3. The summed E-state index contributed by atoms with van der Waals surface area (Å²) in [5.74, 6) is -1.27. The van der Waals surface area contributed by atoms with Crippen LogP contribution in [-0.4, -0.2) is 22.5 Å². The Kier molecular flexibility index (Phi) is 3.10. The molecule has 4 nitrogen and oxygen atoms in total. The van der Waals surface area contributed by atoms with Gasteiger partial charge in [0.2, 0.25) is 0 Å². The van der Waals surface area contributed by atoms with Crippen molar-refractivity contribution in [3.63, 3.8) is 0 Å². The molecule has 1 rings (SSSR count). The molecule has 0 bridgehead atoms. The minimum absolute atomic E-state index is 0.00241. The third-order valence-electron chi connectivity index (χ3n) is 1.87. The van der Waals surface area contributed by atoms with Crippen molar-refractivity contribution in [3.8, 4) is 5.75 Å². The van der Waals surface area contributed by atoms with Crippen LogP contribution in [0, 0.1) is 10.5 Å². The predicted octanol–water partition coefficient (Wildman–Crippen LogP) is 1.82. The summed E-state index contributed by atoms with van der Waals surface area (Å²) in [6, 6.07) is 1.17. The second-order valence-electron chi connectivity index (χ2n) is 2.72. The lowest BCUT2D eigenvalue weighted by molar-refractivity contribution is 0.0696. The number of carboxylic acid groups (broad SMARTS) is 1. The van der Waals surface area contributed by atoms with Gasteiger partial charge in [-0.1, -0.05) is 0 Å². The van der Waals surface area contributed by atoms with Gasteiger partial charge in [0.05, 0.1) is 14.7 Å². The molecule has 0 spiro atoms. The lowest BCUT2D eigenvalue weighted by Gasteiger charge is -2.07. The molecule has 0 saturated carbocycles. The number of carbonyl (C=O) groups is 2. The minimum atomic E-state index is -1.11. The zero-order chi connectivity index (χ0) is 10.9. The Balaban J connectivity index is 3.56. The Morgan fingerprint density at radius 1 is 1.57 bits per heavy atom. The van der Waals surface area contributed by atoms with E-state index in [4.69, 9.17) is 5.11 Å². The van der Waals surface area contributed by atoms with Crippen molar-refractivity contribution in [3.05, 3.63) is 26.3 Å². The molecule has 0 unspecified atom stereocenters. The van der Waals surface area contributed by atoms with Gasteiger partial charge in [-0.2, -0.15) is 0 Å². The number of benzene rings is 1. The normalized spacial score (nSPS) is 9.86. The number of rotatable bonds is 2. The average Bonchev–Trinajstić information content (AvgIpc) is 2.14. The monoisotopic (exact) mass is 306 g/mol. The van der Waals surface area contributed by atoms with Gasteiger partial charge in [0.25, 0.3) is 0 Å². The maximum atomic E-state index is 10.8. The second kappa shape index (κ2) is 3.95. The number of phenolic OH excluding ortho intramolecular Hbond substituents is 1. The highest BCUT2D eigenvalue weighted by atomic mass is 127. The van der Waals surface area contributed by atoms with Crippen LogP contribution in [0.15, 0.2) is 6.07 Å². The topological polar surface area (TPSA) is 74.6 Å². The molecule has 1 aromatic carbocycles. The zero-order valence-electron chi connectivity index (χ0n) is 7.24. The summed E-state index contributed by atoms with van der Waals surface area (Å²) in [6.45, 7) is 1.58. The number of halogens is 1. The first-order chi connectivity index (χ1) is 6.49. The lowest BCUT2D eigenvalue weighted by Crippen LogP contribution is -2.03. The van der Waals surface area contributed by atoms with Crippen molar-refractivity contribution in [1.29, 1.82) is 0 Å². The molecule has 0 aliphatic heterocycles. The van der Waals surface area contributed by atoms with Gasteiger partial charge in [-0.25, -0.2) is 4.79 Å². The van der Waals surface area contributed by atoms with Gasteiger partial charge in [0, 0.05) is 0 Å². The van der Waals surface area contributed by atoms with Crippen LogP contribution in [0.3, 0.4) is 0 Å². The van der Waals surface area contributed by atoms with Gasteiger partial charge in [0.15, 0.2) is 6.29 Å². The van der Waals surface area contributed by atoms with E-state index in [2.05, 4.69) is 0 Å². The van der Waals surface area contributed by atoms with Crippen molar-refractivity contribution >= 4 is 34.8 Å². The van der Waals surface area contributed by atoms with E-state index in [-0.39, 0.29) is 16.9 Å². The fraction of sp³-hybridized carbons (Fsp3) is 0.111. The molecule has 14 heavy (non-hydrogen) atoms. The number of aldehydes is 1. The van der Waals surface area contributed by atoms with Gasteiger partial charge in [0.1, 0.15) is 5.75 Å². The van der Waals surface area contributed by atoms with Crippen LogP contribution in [0.1, 0.15) is 26.3 Å². The molecule has 0 atom stereocenters. The molecule has 0 heterocycles. The van der Waals surface area contributed by atoms with Crippen LogP contribution < -0.4 is 0 Å². The third kappa shape index (κ3) is 1.72. The predicted molar refractivity (Wildman–Crippen MR) is 57.9 cm³/mol. The van der Waals surface area contributed by atoms with Crippen molar-refractivity contribution in [2.75, 3.05) is 0 Å². The van der Waals surface area contributed by atoms with E-state index in [1.165, 1.54) is 6.07 Å². The zero-order valence-corrected chi connectivity index (χ0v) is 9.40. The quantitative estimate of drug-likeness (QED) is 0.645. The summed E-state index contributed by atoms with van der Waals surface area (Å²) < 4.78 is 0.393. The first-order valence-corrected chi connectivity index (χ1v) is 4.77. The van der Waals surface area contributed by atoms with E-state index < -0.39 is 5.97 Å². The van der Waals surface area contributed by atoms with E-state index >= 15 is 0 Å². The standard InChI is InChI=1S/C9H7IO4/c1-4-6(9(13)14)2-5(3-11)8(12)7(4)10/h2-3,12H,1H3,(H,13,14). The Hall–Kier alpha value is -1.11. The summed E-state index contributed by atoms with van der Waals surface area (Å²) in [6.07, 6.45) is 0.434. The number of phenols is 1. The number of aromatic carboxylic acids is 1. The van der Waals surface area contributed by atoms with Crippen LogP contribution in [0.5, 0.6) is 5.75 Å². The Morgan fingerprint density at radius 3 is 2.57 bits per heavy atom. The molecule has 0 radical (unpaired) electrons. The average molecular weight is 306 g/mol. The van der Waals surface area contributed by atoms with E-state index in [1.54, 1.807) is 29.5 Å². The van der Waals surface area contributed by atoms with E-state index in [9.17, 15) is 14.7 Å².